The molecule has 5 aromatic rings. The van der Waals surface area contributed by atoms with Gasteiger partial charge in [0.1, 0.15) is 5.69 Å². The zero-order valence-corrected chi connectivity index (χ0v) is 14.8. The highest BCUT2D eigenvalue weighted by atomic mass is 19.3. The molecule has 0 amide bonds. The Kier molecular flexibility index (Phi) is 3.65. The molecule has 5 rings (SSSR count). The summed E-state index contributed by atoms with van der Waals surface area (Å²) in [6.45, 7) is -0.766. The average Bonchev–Trinajstić information content (AvgIpc) is 3.29. The predicted molar refractivity (Wildman–Crippen MR) is 101 cm³/mol. The normalized spacial score (nSPS) is 11.7. The van der Waals surface area contributed by atoms with E-state index < -0.39 is 6.55 Å². The van der Waals surface area contributed by atoms with Crippen LogP contribution in [0.5, 0.6) is 0 Å². The summed E-state index contributed by atoms with van der Waals surface area (Å²) in [6.07, 6.45) is 4.99. The molecule has 0 aliphatic rings. The summed E-state index contributed by atoms with van der Waals surface area (Å²) >= 11 is 0. The molecule has 4 heterocycles. The molecule has 0 spiro atoms. The van der Waals surface area contributed by atoms with E-state index in [4.69, 9.17) is 0 Å². The average molecular weight is 376 g/mol. The van der Waals surface area contributed by atoms with Crippen molar-refractivity contribution in [1.29, 1.82) is 0 Å². The third-order valence-corrected chi connectivity index (χ3v) is 4.59. The zero-order valence-electron chi connectivity index (χ0n) is 14.8. The van der Waals surface area contributed by atoms with E-state index >= 15 is 0 Å². The van der Waals surface area contributed by atoms with Gasteiger partial charge in [-0.3, -0.25) is 9.38 Å². The number of imidazole rings is 1. The van der Waals surface area contributed by atoms with Crippen LogP contribution >= 0.6 is 0 Å². The van der Waals surface area contributed by atoms with Crippen LogP contribution in [-0.2, 0) is 0 Å². The summed E-state index contributed by atoms with van der Waals surface area (Å²) in [4.78, 5) is 13.6. The molecule has 0 saturated carbocycles. The molecule has 0 N–H and O–H groups in total. The number of nitrogens with zero attached hydrogens (tertiary/aromatic N) is 6. The Morgan fingerprint density at radius 2 is 1.93 bits per heavy atom. The van der Waals surface area contributed by atoms with Crippen LogP contribution in [0.15, 0.2) is 61.1 Å². The quantitative estimate of drug-likeness (QED) is 0.465. The Morgan fingerprint density at radius 1 is 1.04 bits per heavy atom. The van der Waals surface area contributed by atoms with Crippen molar-refractivity contribution in [3.05, 3.63) is 66.7 Å². The third-order valence-electron chi connectivity index (χ3n) is 4.59. The summed E-state index contributed by atoms with van der Waals surface area (Å²) in [5, 5.41) is 4.42. The number of hydrogen-bond acceptors (Lipinski definition) is 4. The van der Waals surface area contributed by atoms with Crippen molar-refractivity contribution in [1.82, 2.24) is 29.1 Å². The Hall–Kier alpha value is -3.68. The summed E-state index contributed by atoms with van der Waals surface area (Å²) < 4.78 is 28.8. The summed E-state index contributed by atoms with van der Waals surface area (Å²) in [6, 6.07) is 12.8. The molecular formula is C20H14F2N6. The lowest BCUT2D eigenvalue weighted by atomic mass is 10.1. The monoisotopic (exact) mass is 376 g/mol. The first-order valence-electron chi connectivity index (χ1n) is 8.65. The maximum Gasteiger partial charge on any atom is 0.333 e. The van der Waals surface area contributed by atoms with E-state index in [1.165, 1.54) is 6.20 Å². The second-order valence-corrected chi connectivity index (χ2v) is 6.40. The topological polar surface area (TPSA) is 60.9 Å². The van der Waals surface area contributed by atoms with E-state index in [9.17, 15) is 8.78 Å². The smallest absolute Gasteiger partial charge is 0.283 e. The largest absolute Gasteiger partial charge is 0.333 e. The fourth-order valence-corrected chi connectivity index (χ4v) is 3.37. The lowest BCUT2D eigenvalue weighted by Crippen LogP contribution is -1.99. The van der Waals surface area contributed by atoms with Crippen LogP contribution < -0.4 is 0 Å². The van der Waals surface area contributed by atoms with Crippen LogP contribution in [0.1, 0.15) is 12.2 Å². The van der Waals surface area contributed by atoms with Crippen LogP contribution in [0.3, 0.4) is 0 Å². The van der Waals surface area contributed by atoms with Gasteiger partial charge in [0.15, 0.2) is 0 Å². The predicted octanol–water partition coefficient (Wildman–Crippen LogP) is 4.51. The van der Waals surface area contributed by atoms with E-state index in [-0.39, 0.29) is 0 Å². The number of benzene rings is 1. The molecule has 0 aliphatic heterocycles. The molecule has 0 radical (unpaired) electrons. The SMILES string of the molecule is Cc1cccc(-c2nc3ncccn3c2-c2ccc3c(cnn3C(F)F)c2)n1. The summed E-state index contributed by atoms with van der Waals surface area (Å²) in [7, 11) is 0. The van der Waals surface area contributed by atoms with Crippen molar-refractivity contribution in [3.8, 4) is 22.6 Å². The van der Waals surface area contributed by atoms with E-state index in [1.807, 2.05) is 47.9 Å². The molecule has 0 bridgehead atoms. The van der Waals surface area contributed by atoms with Crippen LogP contribution in [0.2, 0.25) is 0 Å². The molecule has 138 valence electrons. The van der Waals surface area contributed by atoms with Crippen molar-refractivity contribution >= 4 is 16.7 Å². The number of pyridine rings is 1. The van der Waals surface area contributed by atoms with Gasteiger partial charge in [-0.25, -0.2) is 14.6 Å². The Bertz CT molecular complexity index is 1320. The first-order chi connectivity index (χ1) is 13.6. The first kappa shape index (κ1) is 16.5. The minimum Gasteiger partial charge on any atom is -0.283 e. The van der Waals surface area contributed by atoms with E-state index in [1.54, 1.807) is 18.3 Å². The number of aromatic nitrogens is 6. The van der Waals surface area contributed by atoms with Gasteiger partial charge in [0.2, 0.25) is 5.78 Å². The van der Waals surface area contributed by atoms with Crippen LogP contribution in [0.4, 0.5) is 8.78 Å². The standard InChI is InChI=1S/C20H14F2N6/c1-12-4-2-5-15(25-12)17-18(27-9-3-8-23-20(27)26-17)13-6-7-16-14(10-13)11-24-28(16)19(21)22/h2-11,19H,1H3. The molecule has 0 fully saturated rings. The second-order valence-electron chi connectivity index (χ2n) is 6.40. The first-order valence-corrected chi connectivity index (χ1v) is 8.65. The van der Waals surface area contributed by atoms with Gasteiger partial charge in [-0.2, -0.15) is 13.9 Å². The van der Waals surface area contributed by atoms with Gasteiger partial charge in [0, 0.05) is 29.0 Å². The van der Waals surface area contributed by atoms with Gasteiger partial charge in [0.25, 0.3) is 0 Å². The van der Waals surface area contributed by atoms with Crippen molar-refractivity contribution in [2.45, 2.75) is 13.5 Å². The molecule has 6 nitrogen and oxygen atoms in total. The zero-order chi connectivity index (χ0) is 19.3. The van der Waals surface area contributed by atoms with Gasteiger partial charge >= 0.3 is 6.55 Å². The summed E-state index contributed by atoms with van der Waals surface area (Å²) in [5.41, 5.74) is 4.28. The van der Waals surface area contributed by atoms with E-state index in [2.05, 4.69) is 20.1 Å². The lowest BCUT2D eigenvalue weighted by Gasteiger charge is -2.07. The highest BCUT2D eigenvalue weighted by Crippen LogP contribution is 2.33. The number of fused-ring (bicyclic) bond motifs is 2. The molecule has 4 aromatic heterocycles. The van der Waals surface area contributed by atoms with Crippen molar-refractivity contribution in [3.63, 3.8) is 0 Å². The molecular weight excluding hydrogens is 362 g/mol. The fraction of sp³-hybridized carbons (Fsp3) is 0.100. The fourth-order valence-electron chi connectivity index (χ4n) is 3.37. The molecule has 0 atom stereocenters. The molecule has 0 aliphatic carbocycles. The Balaban J connectivity index is 1.78. The van der Waals surface area contributed by atoms with Crippen molar-refractivity contribution in [2.75, 3.05) is 0 Å². The number of hydrogen-bond donors (Lipinski definition) is 0. The van der Waals surface area contributed by atoms with Crippen molar-refractivity contribution < 1.29 is 8.78 Å². The number of halogens is 2. The minimum absolute atomic E-state index is 0.376. The third kappa shape index (κ3) is 2.53. The van der Waals surface area contributed by atoms with Gasteiger partial charge < -0.3 is 0 Å². The van der Waals surface area contributed by atoms with E-state index in [0.29, 0.717) is 27.1 Å². The Morgan fingerprint density at radius 3 is 2.75 bits per heavy atom. The number of aryl methyl sites for hydroxylation is 1. The number of rotatable bonds is 3. The molecule has 8 heteroatoms. The molecule has 1 aromatic carbocycles. The maximum absolute atomic E-state index is 13.1. The minimum atomic E-state index is -2.68. The maximum atomic E-state index is 13.1. The molecule has 0 unspecified atom stereocenters. The molecule has 28 heavy (non-hydrogen) atoms. The van der Waals surface area contributed by atoms with Gasteiger partial charge in [-0.15, -0.1) is 0 Å². The Labute approximate surface area is 158 Å². The highest BCUT2D eigenvalue weighted by molar-refractivity contribution is 5.88. The second kappa shape index (κ2) is 6.19. The van der Waals surface area contributed by atoms with Crippen LogP contribution in [0.25, 0.3) is 39.3 Å². The van der Waals surface area contributed by atoms with E-state index in [0.717, 1.165) is 22.6 Å². The van der Waals surface area contributed by atoms with Gasteiger partial charge in [-0.1, -0.05) is 12.1 Å². The van der Waals surface area contributed by atoms with Crippen LogP contribution in [-0.4, -0.2) is 29.1 Å². The van der Waals surface area contributed by atoms with Crippen LogP contribution in [0, 0.1) is 6.92 Å². The number of alkyl halides is 2. The van der Waals surface area contributed by atoms with Gasteiger partial charge in [0.05, 0.1) is 23.1 Å². The van der Waals surface area contributed by atoms with Crippen molar-refractivity contribution in [2.24, 2.45) is 0 Å². The molecule has 0 saturated heterocycles. The van der Waals surface area contributed by atoms with Gasteiger partial charge in [-0.05, 0) is 37.3 Å². The highest BCUT2D eigenvalue weighted by Gasteiger charge is 2.19. The summed E-state index contributed by atoms with van der Waals surface area (Å²) in [5.74, 6) is 0.541. The lowest BCUT2D eigenvalue weighted by molar-refractivity contribution is 0.0615.